The first-order valence-electron chi connectivity index (χ1n) is 4.65. The molecule has 16 heavy (non-hydrogen) atoms. The quantitative estimate of drug-likeness (QED) is 0.497. The Hall–Kier alpha value is -1.15. The minimum Gasteiger partial charge on any atom is -0.481 e. The van der Waals surface area contributed by atoms with Gasteiger partial charge in [0.1, 0.15) is 9.84 Å². The van der Waals surface area contributed by atoms with E-state index < -0.39 is 27.8 Å². The molecule has 1 unspecified atom stereocenters. The molecule has 0 bridgehead atoms. The molecule has 1 amide bonds. The van der Waals surface area contributed by atoms with Crippen LogP contribution in [0.3, 0.4) is 0 Å². The highest BCUT2D eigenvalue weighted by atomic mass is 32.2. The van der Waals surface area contributed by atoms with Crippen LogP contribution in [-0.2, 0) is 19.4 Å². The van der Waals surface area contributed by atoms with Crippen molar-refractivity contribution in [3.63, 3.8) is 0 Å². The van der Waals surface area contributed by atoms with Gasteiger partial charge in [-0.25, -0.2) is 8.42 Å². The third kappa shape index (κ3) is 8.18. The van der Waals surface area contributed by atoms with Crippen molar-refractivity contribution in [2.24, 2.45) is 5.73 Å². The molecule has 8 heteroatoms. The first kappa shape index (κ1) is 14.8. The Morgan fingerprint density at radius 1 is 1.44 bits per heavy atom. The van der Waals surface area contributed by atoms with Gasteiger partial charge in [-0.3, -0.25) is 9.59 Å². The van der Waals surface area contributed by atoms with E-state index in [1.807, 2.05) is 0 Å². The first-order chi connectivity index (χ1) is 7.22. The van der Waals surface area contributed by atoms with Crippen molar-refractivity contribution >= 4 is 21.7 Å². The summed E-state index contributed by atoms with van der Waals surface area (Å²) in [6.45, 7) is -0.0132. The normalized spacial score (nSPS) is 13.1. The first-order valence-corrected chi connectivity index (χ1v) is 6.71. The van der Waals surface area contributed by atoms with Crippen LogP contribution in [0, 0.1) is 0 Å². The molecule has 0 heterocycles. The number of hydrogen-bond acceptors (Lipinski definition) is 5. The molecule has 4 N–H and O–H groups in total. The van der Waals surface area contributed by atoms with E-state index in [-0.39, 0.29) is 25.1 Å². The lowest BCUT2D eigenvalue weighted by molar-refractivity contribution is -0.136. The van der Waals surface area contributed by atoms with E-state index in [0.717, 1.165) is 6.26 Å². The van der Waals surface area contributed by atoms with Gasteiger partial charge in [-0.05, 0) is 6.42 Å². The molecule has 0 aromatic rings. The Kier molecular flexibility index (Phi) is 5.97. The zero-order valence-corrected chi connectivity index (χ0v) is 9.79. The van der Waals surface area contributed by atoms with Crippen molar-refractivity contribution in [1.29, 1.82) is 0 Å². The maximum Gasteiger partial charge on any atom is 0.305 e. The number of carboxylic acids is 1. The van der Waals surface area contributed by atoms with Gasteiger partial charge in [0.25, 0.3) is 0 Å². The summed E-state index contributed by atoms with van der Waals surface area (Å²) in [6.07, 6.45) is 0.893. The number of nitrogens with one attached hydrogen (secondary N) is 1. The van der Waals surface area contributed by atoms with E-state index in [2.05, 4.69) is 5.32 Å². The fraction of sp³-hybridized carbons (Fsp3) is 0.750. The zero-order chi connectivity index (χ0) is 12.8. The molecule has 0 aliphatic heterocycles. The lowest BCUT2D eigenvalue weighted by Gasteiger charge is -2.10. The standard InChI is InChI=1S/C8H16N2O5S/c1-16(14,15)5-3-6(9)8(13)10-4-2-7(11)12/h6H,2-5,9H2,1H3,(H,10,13)(H,11,12). The minimum atomic E-state index is -3.14. The number of rotatable bonds is 7. The van der Waals surface area contributed by atoms with E-state index in [4.69, 9.17) is 10.8 Å². The van der Waals surface area contributed by atoms with Crippen LogP contribution in [0.15, 0.2) is 0 Å². The van der Waals surface area contributed by atoms with Crippen LogP contribution in [0.1, 0.15) is 12.8 Å². The van der Waals surface area contributed by atoms with E-state index in [1.54, 1.807) is 0 Å². The van der Waals surface area contributed by atoms with Crippen LogP contribution in [0.25, 0.3) is 0 Å². The molecule has 94 valence electrons. The Morgan fingerprint density at radius 3 is 2.44 bits per heavy atom. The predicted molar refractivity (Wildman–Crippen MR) is 57.6 cm³/mol. The monoisotopic (exact) mass is 252 g/mol. The van der Waals surface area contributed by atoms with Gasteiger partial charge in [0.15, 0.2) is 0 Å². The average molecular weight is 252 g/mol. The Balaban J connectivity index is 3.86. The van der Waals surface area contributed by atoms with Gasteiger partial charge < -0.3 is 16.2 Å². The van der Waals surface area contributed by atoms with Crippen molar-refractivity contribution < 1.29 is 23.1 Å². The fourth-order valence-electron chi connectivity index (χ4n) is 0.896. The van der Waals surface area contributed by atoms with Gasteiger partial charge in [-0.15, -0.1) is 0 Å². The maximum atomic E-state index is 11.2. The number of hydrogen-bond donors (Lipinski definition) is 3. The summed E-state index contributed by atoms with van der Waals surface area (Å²) in [5.41, 5.74) is 5.42. The lowest BCUT2D eigenvalue weighted by Crippen LogP contribution is -2.42. The summed E-state index contributed by atoms with van der Waals surface area (Å²) in [6, 6.07) is -0.927. The number of carbonyl (C=O) groups excluding carboxylic acids is 1. The number of amides is 1. The molecule has 0 aromatic heterocycles. The summed E-state index contributed by atoms with van der Waals surface area (Å²) < 4.78 is 21.6. The minimum absolute atomic E-state index is 0.0132. The zero-order valence-electron chi connectivity index (χ0n) is 8.97. The molecular formula is C8H16N2O5S. The largest absolute Gasteiger partial charge is 0.481 e. The second-order valence-corrected chi connectivity index (χ2v) is 5.72. The van der Waals surface area contributed by atoms with Crippen molar-refractivity contribution in [1.82, 2.24) is 5.32 Å². The van der Waals surface area contributed by atoms with Crippen LogP contribution in [0.4, 0.5) is 0 Å². The summed E-state index contributed by atoms with van der Waals surface area (Å²) in [5, 5.41) is 10.6. The number of aliphatic carboxylic acids is 1. The number of carboxylic acid groups (broad SMARTS) is 1. The molecule has 0 aromatic carbocycles. The second kappa shape index (κ2) is 6.44. The maximum absolute atomic E-state index is 11.2. The number of carbonyl (C=O) groups is 2. The summed E-state index contributed by atoms with van der Waals surface area (Å²) in [4.78, 5) is 21.4. The molecule has 0 saturated carbocycles. The smallest absolute Gasteiger partial charge is 0.305 e. The summed E-state index contributed by atoms with van der Waals surface area (Å²) >= 11 is 0. The molecule has 0 aliphatic carbocycles. The highest BCUT2D eigenvalue weighted by Crippen LogP contribution is 1.94. The van der Waals surface area contributed by atoms with Crippen LogP contribution in [0.5, 0.6) is 0 Å². The topological polar surface area (TPSA) is 127 Å². The third-order valence-electron chi connectivity index (χ3n) is 1.77. The van der Waals surface area contributed by atoms with Crippen molar-refractivity contribution in [3.05, 3.63) is 0 Å². The Morgan fingerprint density at radius 2 is 2.00 bits per heavy atom. The van der Waals surface area contributed by atoms with Gasteiger partial charge in [0, 0.05) is 12.8 Å². The van der Waals surface area contributed by atoms with E-state index in [1.165, 1.54) is 0 Å². The van der Waals surface area contributed by atoms with Crippen molar-refractivity contribution in [3.8, 4) is 0 Å². The summed E-state index contributed by atoms with van der Waals surface area (Å²) in [5.74, 6) is -1.73. The Bertz CT molecular complexity index is 351. The third-order valence-corrected chi connectivity index (χ3v) is 2.75. The molecule has 0 radical (unpaired) electrons. The van der Waals surface area contributed by atoms with Crippen LogP contribution >= 0.6 is 0 Å². The van der Waals surface area contributed by atoms with E-state index >= 15 is 0 Å². The van der Waals surface area contributed by atoms with Gasteiger partial charge in [-0.1, -0.05) is 0 Å². The van der Waals surface area contributed by atoms with Crippen LogP contribution in [-0.4, -0.2) is 50.0 Å². The fourth-order valence-corrected chi connectivity index (χ4v) is 1.58. The Labute approximate surface area is 93.9 Å². The van der Waals surface area contributed by atoms with Crippen molar-refractivity contribution in [2.75, 3.05) is 18.6 Å². The van der Waals surface area contributed by atoms with E-state index in [0.29, 0.717) is 0 Å². The molecule has 0 spiro atoms. The number of nitrogens with two attached hydrogens (primary N) is 1. The molecule has 0 aliphatic rings. The van der Waals surface area contributed by atoms with Gasteiger partial charge in [-0.2, -0.15) is 0 Å². The van der Waals surface area contributed by atoms with Gasteiger partial charge in [0.05, 0.1) is 18.2 Å². The molecule has 0 fully saturated rings. The lowest BCUT2D eigenvalue weighted by atomic mass is 10.2. The van der Waals surface area contributed by atoms with Gasteiger partial charge >= 0.3 is 5.97 Å². The van der Waals surface area contributed by atoms with Crippen LogP contribution in [0.2, 0.25) is 0 Å². The molecular weight excluding hydrogens is 236 g/mol. The number of sulfone groups is 1. The molecule has 7 nitrogen and oxygen atoms in total. The second-order valence-electron chi connectivity index (χ2n) is 3.46. The van der Waals surface area contributed by atoms with Crippen LogP contribution < -0.4 is 11.1 Å². The highest BCUT2D eigenvalue weighted by molar-refractivity contribution is 7.90. The highest BCUT2D eigenvalue weighted by Gasteiger charge is 2.15. The summed E-state index contributed by atoms with van der Waals surface area (Å²) in [7, 11) is -3.14. The molecule has 0 saturated heterocycles. The molecule has 1 atom stereocenters. The van der Waals surface area contributed by atoms with E-state index in [9.17, 15) is 18.0 Å². The van der Waals surface area contributed by atoms with Gasteiger partial charge in [0.2, 0.25) is 5.91 Å². The average Bonchev–Trinajstić information content (AvgIpc) is 2.12. The SMILES string of the molecule is CS(=O)(=O)CCC(N)C(=O)NCCC(=O)O. The molecule has 0 rings (SSSR count). The predicted octanol–water partition coefficient (Wildman–Crippen LogP) is -1.66. The van der Waals surface area contributed by atoms with Crippen molar-refractivity contribution in [2.45, 2.75) is 18.9 Å².